The number of urea groups is 1. The molecule has 0 spiro atoms. The van der Waals surface area contributed by atoms with Gasteiger partial charge in [0.25, 0.3) is 0 Å². The van der Waals surface area contributed by atoms with E-state index in [1.54, 1.807) is 12.1 Å². The Hall–Kier alpha value is -1.71. The van der Waals surface area contributed by atoms with E-state index >= 15 is 0 Å². The molecular formula is C37H68N2O2. The molecule has 0 aromatic heterocycles. The number of nitrogens with one attached hydrogen (secondary N) is 2. The quantitative estimate of drug-likeness (QED) is 0.0803. The smallest absolute Gasteiger partial charge is 0.315 e. The first-order valence-electron chi connectivity index (χ1n) is 18.0. The van der Waals surface area contributed by atoms with E-state index in [0.29, 0.717) is 6.54 Å². The minimum atomic E-state index is -0.118. The van der Waals surface area contributed by atoms with Crippen molar-refractivity contribution in [3.8, 4) is 5.75 Å². The second-order valence-corrected chi connectivity index (χ2v) is 12.5. The number of rotatable bonds is 30. The van der Waals surface area contributed by atoms with Crippen molar-refractivity contribution in [1.82, 2.24) is 10.6 Å². The van der Waals surface area contributed by atoms with E-state index in [1.807, 2.05) is 12.1 Å². The Morgan fingerprint density at radius 3 is 1.15 bits per heavy atom. The van der Waals surface area contributed by atoms with E-state index in [2.05, 4.69) is 17.6 Å². The van der Waals surface area contributed by atoms with Gasteiger partial charge in [-0.25, -0.2) is 4.79 Å². The van der Waals surface area contributed by atoms with E-state index in [4.69, 9.17) is 0 Å². The van der Waals surface area contributed by atoms with Crippen LogP contribution in [0.2, 0.25) is 0 Å². The Labute approximate surface area is 255 Å². The fourth-order valence-corrected chi connectivity index (χ4v) is 5.68. The van der Waals surface area contributed by atoms with Crippen LogP contribution in [0, 0.1) is 0 Å². The molecule has 4 heteroatoms. The van der Waals surface area contributed by atoms with Crippen molar-refractivity contribution in [3.63, 3.8) is 0 Å². The minimum absolute atomic E-state index is 0.118. The molecule has 238 valence electrons. The van der Waals surface area contributed by atoms with Gasteiger partial charge in [0, 0.05) is 13.1 Å². The van der Waals surface area contributed by atoms with Crippen LogP contribution in [0.15, 0.2) is 24.3 Å². The van der Waals surface area contributed by atoms with Crippen LogP contribution in [0.5, 0.6) is 5.75 Å². The van der Waals surface area contributed by atoms with Crippen molar-refractivity contribution < 1.29 is 9.90 Å². The average molecular weight is 573 g/mol. The molecule has 0 bridgehead atoms. The van der Waals surface area contributed by atoms with E-state index in [-0.39, 0.29) is 11.8 Å². The number of hydrogen-bond donors (Lipinski definition) is 3. The first-order valence-corrected chi connectivity index (χ1v) is 18.0. The third kappa shape index (κ3) is 26.9. The lowest BCUT2D eigenvalue weighted by Gasteiger charge is -2.08. The highest BCUT2D eigenvalue weighted by Crippen LogP contribution is 2.16. The zero-order valence-electron chi connectivity index (χ0n) is 27.2. The molecule has 0 aliphatic rings. The van der Waals surface area contributed by atoms with Crippen molar-refractivity contribution in [2.75, 3.05) is 6.54 Å². The normalized spacial score (nSPS) is 11.1. The van der Waals surface area contributed by atoms with Gasteiger partial charge in [0.15, 0.2) is 0 Å². The number of phenols is 1. The van der Waals surface area contributed by atoms with Crippen molar-refractivity contribution in [3.05, 3.63) is 29.8 Å². The monoisotopic (exact) mass is 573 g/mol. The molecule has 2 amide bonds. The summed E-state index contributed by atoms with van der Waals surface area (Å²) >= 11 is 0. The average Bonchev–Trinajstić information content (AvgIpc) is 2.98. The molecule has 0 radical (unpaired) electrons. The number of amides is 2. The summed E-state index contributed by atoms with van der Waals surface area (Å²) in [6.07, 6.45) is 38.0. The lowest BCUT2D eigenvalue weighted by molar-refractivity contribution is 0.240. The number of aromatic hydroxyl groups is 1. The van der Waals surface area contributed by atoms with Crippen LogP contribution in [0.25, 0.3) is 0 Å². The molecule has 0 aliphatic carbocycles. The summed E-state index contributed by atoms with van der Waals surface area (Å²) in [6, 6.07) is 6.79. The second kappa shape index (κ2) is 29.8. The van der Waals surface area contributed by atoms with Crippen LogP contribution in [-0.4, -0.2) is 17.7 Å². The molecule has 0 saturated heterocycles. The van der Waals surface area contributed by atoms with Gasteiger partial charge in [0.1, 0.15) is 5.75 Å². The van der Waals surface area contributed by atoms with Crippen LogP contribution in [0.1, 0.15) is 186 Å². The Morgan fingerprint density at radius 1 is 0.488 bits per heavy atom. The lowest BCUT2D eigenvalue weighted by Crippen LogP contribution is -2.35. The molecule has 0 unspecified atom stereocenters. The van der Waals surface area contributed by atoms with Gasteiger partial charge in [0.05, 0.1) is 0 Å². The summed E-state index contributed by atoms with van der Waals surface area (Å²) in [7, 11) is 0. The maximum atomic E-state index is 11.9. The molecule has 1 rings (SSSR count). The molecule has 0 fully saturated rings. The molecule has 1 aromatic rings. The van der Waals surface area contributed by atoms with Gasteiger partial charge in [-0.15, -0.1) is 0 Å². The highest BCUT2D eigenvalue weighted by Gasteiger charge is 2.01. The maximum absolute atomic E-state index is 11.9. The Morgan fingerprint density at radius 2 is 0.805 bits per heavy atom. The lowest BCUT2D eigenvalue weighted by atomic mass is 10.0. The van der Waals surface area contributed by atoms with Crippen LogP contribution in [0.4, 0.5) is 4.79 Å². The highest BCUT2D eigenvalue weighted by atomic mass is 16.3. The topological polar surface area (TPSA) is 61.4 Å². The van der Waals surface area contributed by atoms with E-state index < -0.39 is 0 Å². The van der Waals surface area contributed by atoms with Gasteiger partial charge in [-0.2, -0.15) is 0 Å². The number of hydrogen-bond acceptors (Lipinski definition) is 2. The van der Waals surface area contributed by atoms with Gasteiger partial charge in [-0.1, -0.05) is 186 Å². The fourth-order valence-electron chi connectivity index (χ4n) is 5.68. The minimum Gasteiger partial charge on any atom is -0.508 e. The maximum Gasteiger partial charge on any atom is 0.315 e. The van der Waals surface area contributed by atoms with Gasteiger partial charge < -0.3 is 15.7 Å². The number of benzene rings is 1. The molecule has 41 heavy (non-hydrogen) atoms. The summed E-state index contributed by atoms with van der Waals surface area (Å²) in [6.45, 7) is 3.51. The van der Waals surface area contributed by atoms with Gasteiger partial charge in [-0.05, 0) is 24.1 Å². The van der Waals surface area contributed by atoms with E-state index in [0.717, 1.165) is 18.5 Å². The highest BCUT2D eigenvalue weighted by molar-refractivity contribution is 5.73. The van der Waals surface area contributed by atoms with Crippen LogP contribution in [0.3, 0.4) is 0 Å². The van der Waals surface area contributed by atoms with Gasteiger partial charge in [0.2, 0.25) is 0 Å². The third-order valence-corrected chi connectivity index (χ3v) is 8.46. The zero-order valence-corrected chi connectivity index (χ0v) is 27.2. The first-order chi connectivity index (χ1) is 20.2. The van der Waals surface area contributed by atoms with Crippen molar-refractivity contribution in [2.24, 2.45) is 0 Å². The summed E-state index contributed by atoms with van der Waals surface area (Å²) in [5.41, 5.74) is 0.980. The van der Waals surface area contributed by atoms with Crippen molar-refractivity contribution in [2.45, 2.75) is 187 Å². The number of unbranched alkanes of at least 4 members (excludes halogenated alkanes) is 26. The largest absolute Gasteiger partial charge is 0.508 e. The molecule has 0 aliphatic heterocycles. The van der Waals surface area contributed by atoms with Gasteiger partial charge in [-0.3, -0.25) is 0 Å². The molecule has 3 N–H and O–H groups in total. The third-order valence-electron chi connectivity index (χ3n) is 8.46. The van der Waals surface area contributed by atoms with Gasteiger partial charge >= 0.3 is 6.03 Å². The number of phenolic OH excluding ortho intramolecular Hbond substituents is 1. The molecule has 1 aromatic carbocycles. The zero-order chi connectivity index (χ0) is 29.5. The van der Waals surface area contributed by atoms with E-state index in [9.17, 15) is 9.90 Å². The second-order valence-electron chi connectivity index (χ2n) is 12.5. The van der Waals surface area contributed by atoms with Crippen LogP contribution >= 0.6 is 0 Å². The Balaban J connectivity index is 1.67. The fraction of sp³-hybridized carbons (Fsp3) is 0.811. The molecule has 4 nitrogen and oxygen atoms in total. The predicted molar refractivity (Wildman–Crippen MR) is 179 cm³/mol. The Bertz CT molecular complexity index is 676. The number of carbonyl (C=O) groups is 1. The standard InChI is InChI=1S/C37H68N2O2/c1-2-3-4-5-6-7-8-9-10-11-12-13-14-15-16-17-18-19-20-21-22-23-24-25-26-27-28-33-38-37(41)39-34-35-29-31-36(40)32-30-35/h29-32,40H,2-28,33-34H2,1H3,(H2,38,39,41). The summed E-state index contributed by atoms with van der Waals surface area (Å²) < 4.78 is 0. The summed E-state index contributed by atoms with van der Waals surface area (Å²) in [4.78, 5) is 11.9. The van der Waals surface area contributed by atoms with Crippen LogP contribution in [-0.2, 0) is 6.54 Å². The Kier molecular flexibility index (Phi) is 27.1. The molecule has 0 atom stereocenters. The van der Waals surface area contributed by atoms with Crippen LogP contribution < -0.4 is 10.6 Å². The van der Waals surface area contributed by atoms with Crippen molar-refractivity contribution >= 4 is 6.03 Å². The first kappa shape index (κ1) is 37.3. The summed E-state index contributed by atoms with van der Waals surface area (Å²) in [5, 5.41) is 15.1. The summed E-state index contributed by atoms with van der Waals surface area (Å²) in [5.74, 6) is 0.245. The molecule has 0 saturated carbocycles. The SMILES string of the molecule is CCCCCCCCCCCCCCCCCCCCCCCCCCCCCNC(=O)NCc1ccc(O)cc1. The van der Waals surface area contributed by atoms with Crippen molar-refractivity contribution in [1.29, 1.82) is 0 Å². The predicted octanol–water partition coefficient (Wildman–Crippen LogP) is 11.7. The molecule has 0 heterocycles. The van der Waals surface area contributed by atoms with E-state index in [1.165, 1.54) is 167 Å². The number of carbonyl (C=O) groups excluding carboxylic acids is 1. The molecular weight excluding hydrogens is 504 g/mol.